The summed E-state index contributed by atoms with van der Waals surface area (Å²) < 4.78 is 11.2. The van der Waals surface area contributed by atoms with E-state index in [1.165, 1.54) is 11.1 Å². The Kier molecular flexibility index (Phi) is 9.98. The van der Waals surface area contributed by atoms with Crippen LogP contribution in [0.5, 0.6) is 0 Å². The van der Waals surface area contributed by atoms with Crippen molar-refractivity contribution in [2.45, 2.75) is 25.9 Å². The van der Waals surface area contributed by atoms with Crippen molar-refractivity contribution in [2.75, 3.05) is 39.5 Å². The van der Waals surface area contributed by atoms with Crippen LogP contribution in [0.15, 0.2) is 60.7 Å². The van der Waals surface area contributed by atoms with Crippen LogP contribution < -0.4 is 10.6 Å². The Morgan fingerprint density at radius 1 is 0.615 bits per heavy atom. The molecule has 26 heavy (non-hydrogen) atoms. The molecule has 0 aliphatic carbocycles. The van der Waals surface area contributed by atoms with Crippen molar-refractivity contribution in [1.82, 2.24) is 10.6 Å². The van der Waals surface area contributed by atoms with E-state index in [4.69, 9.17) is 9.47 Å². The first-order chi connectivity index (χ1) is 12.8. The molecular weight excluding hydrogens is 324 g/mol. The second-order valence-electron chi connectivity index (χ2n) is 6.40. The lowest BCUT2D eigenvalue weighted by atomic mass is 10.1. The molecule has 0 spiro atoms. The molecule has 142 valence electrons. The van der Waals surface area contributed by atoms with Crippen LogP contribution in [0.2, 0.25) is 0 Å². The van der Waals surface area contributed by atoms with E-state index in [1.54, 1.807) is 0 Å². The molecule has 2 atom stereocenters. The smallest absolute Gasteiger partial charge is 0.0701 e. The Hall–Kier alpha value is -1.72. The Bertz CT molecular complexity index is 524. The van der Waals surface area contributed by atoms with Crippen molar-refractivity contribution >= 4 is 0 Å². The van der Waals surface area contributed by atoms with Gasteiger partial charge in [0.2, 0.25) is 0 Å². The fourth-order valence-corrected chi connectivity index (χ4v) is 2.74. The zero-order valence-electron chi connectivity index (χ0n) is 16.0. The molecule has 2 aromatic rings. The molecule has 4 heteroatoms. The van der Waals surface area contributed by atoms with Crippen LogP contribution in [0.4, 0.5) is 0 Å². The van der Waals surface area contributed by atoms with Gasteiger partial charge in [0.1, 0.15) is 0 Å². The van der Waals surface area contributed by atoms with E-state index in [9.17, 15) is 0 Å². The number of hydrogen-bond acceptors (Lipinski definition) is 4. The summed E-state index contributed by atoms with van der Waals surface area (Å²) in [6.07, 6.45) is 0. The summed E-state index contributed by atoms with van der Waals surface area (Å²) in [6, 6.07) is 21.6. The van der Waals surface area contributed by atoms with Crippen molar-refractivity contribution in [2.24, 2.45) is 0 Å². The van der Waals surface area contributed by atoms with Gasteiger partial charge >= 0.3 is 0 Å². The molecule has 0 amide bonds. The minimum absolute atomic E-state index is 0.341. The van der Waals surface area contributed by atoms with Gasteiger partial charge in [0, 0.05) is 25.2 Å². The summed E-state index contributed by atoms with van der Waals surface area (Å²) in [5.74, 6) is 0. The summed E-state index contributed by atoms with van der Waals surface area (Å²) in [4.78, 5) is 0. The van der Waals surface area contributed by atoms with Gasteiger partial charge in [-0.1, -0.05) is 60.7 Å². The molecule has 0 heterocycles. The van der Waals surface area contributed by atoms with Gasteiger partial charge in [-0.3, -0.25) is 0 Å². The summed E-state index contributed by atoms with van der Waals surface area (Å²) >= 11 is 0. The lowest BCUT2D eigenvalue weighted by molar-refractivity contribution is 0.0489. The van der Waals surface area contributed by atoms with Gasteiger partial charge in [0.05, 0.1) is 26.4 Å². The number of rotatable bonds is 13. The van der Waals surface area contributed by atoms with Crippen LogP contribution in [0.25, 0.3) is 0 Å². The van der Waals surface area contributed by atoms with E-state index in [1.807, 2.05) is 12.1 Å². The highest BCUT2D eigenvalue weighted by Crippen LogP contribution is 2.11. The zero-order chi connectivity index (χ0) is 18.5. The summed E-state index contributed by atoms with van der Waals surface area (Å²) in [6.45, 7) is 8.68. The highest BCUT2D eigenvalue weighted by molar-refractivity contribution is 5.18. The third-order valence-electron chi connectivity index (χ3n) is 4.37. The topological polar surface area (TPSA) is 42.5 Å². The molecular formula is C22H32N2O2. The van der Waals surface area contributed by atoms with Crippen LogP contribution in [0, 0.1) is 0 Å². The van der Waals surface area contributed by atoms with Crippen molar-refractivity contribution in [3.63, 3.8) is 0 Å². The molecule has 0 aromatic heterocycles. The molecule has 0 radical (unpaired) electrons. The number of hydrogen-bond donors (Lipinski definition) is 2. The average molecular weight is 357 g/mol. The van der Waals surface area contributed by atoms with Gasteiger partial charge in [-0.15, -0.1) is 0 Å². The highest BCUT2D eigenvalue weighted by atomic mass is 16.5. The fourth-order valence-electron chi connectivity index (χ4n) is 2.74. The third-order valence-corrected chi connectivity index (χ3v) is 4.37. The zero-order valence-corrected chi connectivity index (χ0v) is 16.0. The number of benzene rings is 2. The van der Waals surface area contributed by atoms with Gasteiger partial charge < -0.3 is 20.1 Å². The number of nitrogens with one attached hydrogen (secondary N) is 2. The molecule has 0 saturated heterocycles. The van der Waals surface area contributed by atoms with E-state index < -0.39 is 0 Å². The maximum absolute atomic E-state index is 5.61. The van der Waals surface area contributed by atoms with Gasteiger partial charge in [-0.25, -0.2) is 0 Å². The van der Waals surface area contributed by atoms with Crippen LogP contribution in [-0.4, -0.2) is 39.5 Å². The van der Waals surface area contributed by atoms with Gasteiger partial charge in [-0.2, -0.15) is 0 Å². The average Bonchev–Trinajstić information content (AvgIpc) is 2.70. The Balaban J connectivity index is 1.40. The monoisotopic (exact) mass is 356 g/mol. The molecule has 2 aromatic carbocycles. The second kappa shape index (κ2) is 12.6. The first-order valence-electron chi connectivity index (χ1n) is 9.49. The van der Waals surface area contributed by atoms with Crippen LogP contribution in [0.1, 0.15) is 37.1 Å². The largest absolute Gasteiger partial charge is 0.378 e. The Labute approximate surface area is 157 Å². The highest BCUT2D eigenvalue weighted by Gasteiger charge is 2.03. The van der Waals surface area contributed by atoms with E-state index in [2.05, 4.69) is 73.0 Å². The van der Waals surface area contributed by atoms with Crippen LogP contribution in [0.3, 0.4) is 0 Å². The molecule has 0 unspecified atom stereocenters. The first kappa shape index (κ1) is 20.6. The van der Waals surface area contributed by atoms with Gasteiger partial charge in [0.25, 0.3) is 0 Å². The molecule has 2 rings (SSSR count). The standard InChI is InChI=1S/C22H32N2O2/c1-19(21-9-5-3-6-10-21)23-13-15-25-17-18-26-16-14-24-20(2)22-11-7-4-8-12-22/h3-12,19-20,23-24H,13-18H2,1-2H3/t19-,20-/m1/s1. The third kappa shape index (κ3) is 8.11. The molecule has 0 fully saturated rings. The quantitative estimate of drug-likeness (QED) is 0.537. The molecule has 0 bridgehead atoms. The van der Waals surface area contributed by atoms with Crippen molar-refractivity contribution in [3.8, 4) is 0 Å². The molecule has 0 aliphatic rings. The maximum atomic E-state index is 5.61. The predicted molar refractivity (Wildman–Crippen MR) is 107 cm³/mol. The lowest BCUT2D eigenvalue weighted by Crippen LogP contribution is -2.25. The van der Waals surface area contributed by atoms with Crippen molar-refractivity contribution in [1.29, 1.82) is 0 Å². The van der Waals surface area contributed by atoms with Crippen LogP contribution >= 0.6 is 0 Å². The van der Waals surface area contributed by atoms with Gasteiger partial charge in [-0.05, 0) is 25.0 Å². The molecule has 0 aliphatic heterocycles. The van der Waals surface area contributed by atoms with Gasteiger partial charge in [0.15, 0.2) is 0 Å². The Morgan fingerprint density at radius 2 is 1.00 bits per heavy atom. The minimum Gasteiger partial charge on any atom is -0.378 e. The van der Waals surface area contributed by atoms with Crippen molar-refractivity contribution in [3.05, 3.63) is 71.8 Å². The predicted octanol–water partition coefficient (Wildman–Crippen LogP) is 3.72. The van der Waals surface area contributed by atoms with E-state index in [0.717, 1.165) is 13.1 Å². The first-order valence-corrected chi connectivity index (χ1v) is 9.49. The second-order valence-corrected chi connectivity index (χ2v) is 6.40. The molecule has 0 saturated carbocycles. The Morgan fingerprint density at radius 3 is 1.38 bits per heavy atom. The molecule has 4 nitrogen and oxygen atoms in total. The van der Waals surface area contributed by atoms with E-state index >= 15 is 0 Å². The lowest BCUT2D eigenvalue weighted by Gasteiger charge is -2.15. The summed E-state index contributed by atoms with van der Waals surface area (Å²) in [5, 5.41) is 6.92. The fraction of sp³-hybridized carbons (Fsp3) is 0.455. The number of ether oxygens (including phenoxy) is 2. The minimum atomic E-state index is 0.341. The summed E-state index contributed by atoms with van der Waals surface area (Å²) in [5.41, 5.74) is 2.60. The molecule has 2 N–H and O–H groups in total. The maximum Gasteiger partial charge on any atom is 0.0701 e. The normalized spacial score (nSPS) is 13.5. The van der Waals surface area contributed by atoms with E-state index in [-0.39, 0.29) is 0 Å². The van der Waals surface area contributed by atoms with Crippen LogP contribution in [-0.2, 0) is 9.47 Å². The van der Waals surface area contributed by atoms with Crippen molar-refractivity contribution < 1.29 is 9.47 Å². The van der Waals surface area contributed by atoms with E-state index in [0.29, 0.717) is 38.5 Å². The summed E-state index contributed by atoms with van der Waals surface area (Å²) in [7, 11) is 0. The SMILES string of the molecule is C[C@@H](NCCOCCOCCN[C@H](C)c1ccccc1)c1ccccc1.